The molecule has 0 spiro atoms. The van der Waals surface area contributed by atoms with E-state index in [-0.39, 0.29) is 0 Å². The number of piperazine rings is 1. The van der Waals surface area contributed by atoms with Gasteiger partial charge in [-0.15, -0.1) is 0 Å². The third-order valence-electron chi connectivity index (χ3n) is 3.00. The average Bonchev–Trinajstić information content (AvgIpc) is 2.39. The Hall–Kier alpha value is -1.49. The molecule has 0 radical (unpaired) electrons. The quantitative estimate of drug-likeness (QED) is 0.729. The lowest BCUT2D eigenvalue weighted by Gasteiger charge is -2.37. The maximum absolute atomic E-state index is 9.79. The minimum atomic E-state index is 0.345. The average molecular weight is 251 g/mol. The summed E-state index contributed by atoms with van der Waals surface area (Å²) in [5.41, 5.74) is 0.905. The highest BCUT2D eigenvalue weighted by molar-refractivity contribution is 7.80. The largest absolute Gasteiger partial charge is 0.506 e. The van der Waals surface area contributed by atoms with Gasteiger partial charge in [-0.05, 0) is 24.4 Å². The first-order chi connectivity index (χ1) is 8.22. The molecule has 1 saturated heterocycles. The summed E-state index contributed by atoms with van der Waals surface area (Å²) in [4.78, 5) is 4.33. The van der Waals surface area contributed by atoms with E-state index in [1.165, 1.54) is 0 Å². The van der Waals surface area contributed by atoms with E-state index in [1.807, 2.05) is 25.2 Å². The number of anilines is 1. The van der Waals surface area contributed by atoms with Crippen molar-refractivity contribution in [3.8, 4) is 5.75 Å². The fraction of sp³-hybridized carbons (Fsp3) is 0.417. The Morgan fingerprint density at radius 2 is 1.88 bits per heavy atom. The summed E-state index contributed by atoms with van der Waals surface area (Å²) in [5.74, 6) is 0.345. The third-order valence-corrected chi connectivity index (χ3v) is 3.47. The molecule has 0 atom stereocenters. The van der Waals surface area contributed by atoms with E-state index in [4.69, 9.17) is 12.2 Å². The van der Waals surface area contributed by atoms with Crippen molar-refractivity contribution >= 4 is 23.0 Å². The number of rotatable bonds is 1. The number of nitrogens with zero attached hydrogens (tertiary/aromatic N) is 2. The number of hydrogen-bond donors (Lipinski definition) is 2. The first-order valence-electron chi connectivity index (χ1n) is 5.72. The second-order valence-electron chi connectivity index (χ2n) is 4.02. The van der Waals surface area contributed by atoms with Crippen LogP contribution >= 0.6 is 12.2 Å². The van der Waals surface area contributed by atoms with Crippen LogP contribution < -0.4 is 10.2 Å². The molecule has 0 bridgehead atoms. The Labute approximate surface area is 107 Å². The van der Waals surface area contributed by atoms with Gasteiger partial charge in [0.25, 0.3) is 0 Å². The number of phenolic OH excluding ortho intramolecular Hbond substituents is 1. The Morgan fingerprint density at radius 1 is 1.24 bits per heavy atom. The van der Waals surface area contributed by atoms with Crippen LogP contribution in [0.15, 0.2) is 24.3 Å². The van der Waals surface area contributed by atoms with E-state index in [2.05, 4.69) is 15.1 Å². The molecule has 1 fully saturated rings. The number of nitrogens with one attached hydrogen (secondary N) is 1. The molecule has 1 aliphatic heterocycles. The van der Waals surface area contributed by atoms with E-state index >= 15 is 0 Å². The van der Waals surface area contributed by atoms with Crippen LogP contribution in [0.5, 0.6) is 5.75 Å². The molecule has 92 valence electrons. The van der Waals surface area contributed by atoms with E-state index in [0.29, 0.717) is 5.75 Å². The van der Waals surface area contributed by atoms with Gasteiger partial charge >= 0.3 is 0 Å². The van der Waals surface area contributed by atoms with Crippen molar-refractivity contribution in [1.82, 2.24) is 10.2 Å². The van der Waals surface area contributed by atoms with Crippen LogP contribution in [0.3, 0.4) is 0 Å². The predicted octanol–water partition coefficient (Wildman–Crippen LogP) is 1.02. The van der Waals surface area contributed by atoms with Gasteiger partial charge in [0.15, 0.2) is 5.11 Å². The number of thiocarbonyl (C=S) groups is 1. The lowest BCUT2D eigenvalue weighted by Crippen LogP contribution is -2.51. The van der Waals surface area contributed by atoms with E-state index < -0.39 is 0 Å². The highest BCUT2D eigenvalue weighted by Crippen LogP contribution is 2.27. The number of hydrogen-bond acceptors (Lipinski definition) is 3. The molecule has 17 heavy (non-hydrogen) atoms. The summed E-state index contributed by atoms with van der Waals surface area (Å²) in [6, 6.07) is 7.45. The normalized spacial score (nSPS) is 15.8. The van der Waals surface area contributed by atoms with Gasteiger partial charge in [-0.3, -0.25) is 0 Å². The molecule has 1 aromatic carbocycles. The second-order valence-corrected chi connectivity index (χ2v) is 4.40. The molecule has 1 heterocycles. The zero-order valence-corrected chi connectivity index (χ0v) is 10.7. The highest BCUT2D eigenvalue weighted by Gasteiger charge is 2.19. The molecule has 2 rings (SSSR count). The van der Waals surface area contributed by atoms with Gasteiger partial charge in [-0.2, -0.15) is 0 Å². The standard InChI is InChI=1S/C12H17N3OS/c1-13-12(17)15-8-6-14(7-9-15)10-4-2-3-5-11(10)16/h2-5,16H,6-9H2,1H3,(H,13,17). The molecule has 2 N–H and O–H groups in total. The van der Waals surface area contributed by atoms with Crippen LogP contribution in [0.1, 0.15) is 0 Å². The summed E-state index contributed by atoms with van der Waals surface area (Å²) in [6.07, 6.45) is 0. The molecule has 0 saturated carbocycles. The molecule has 4 nitrogen and oxygen atoms in total. The molecule has 1 aromatic rings. The minimum Gasteiger partial charge on any atom is -0.506 e. The van der Waals surface area contributed by atoms with Gasteiger partial charge in [0.2, 0.25) is 0 Å². The SMILES string of the molecule is CNC(=S)N1CCN(c2ccccc2O)CC1. The Balaban J connectivity index is 2.00. The maximum Gasteiger partial charge on any atom is 0.168 e. The van der Waals surface area contributed by atoms with Crippen LogP contribution in [0.2, 0.25) is 0 Å². The van der Waals surface area contributed by atoms with Gasteiger partial charge in [-0.25, -0.2) is 0 Å². The predicted molar refractivity (Wildman–Crippen MR) is 73.6 cm³/mol. The van der Waals surface area contributed by atoms with E-state index in [9.17, 15) is 5.11 Å². The fourth-order valence-corrected chi connectivity index (χ4v) is 2.22. The summed E-state index contributed by atoms with van der Waals surface area (Å²) >= 11 is 5.20. The molecule has 0 amide bonds. The van der Waals surface area contributed by atoms with Gasteiger partial charge in [-0.1, -0.05) is 12.1 Å². The van der Waals surface area contributed by atoms with E-state index in [1.54, 1.807) is 6.07 Å². The number of benzene rings is 1. The van der Waals surface area contributed by atoms with Gasteiger partial charge in [0.05, 0.1) is 5.69 Å². The smallest absolute Gasteiger partial charge is 0.168 e. The summed E-state index contributed by atoms with van der Waals surface area (Å²) in [6.45, 7) is 3.51. The summed E-state index contributed by atoms with van der Waals surface area (Å²) < 4.78 is 0. The van der Waals surface area contributed by atoms with Gasteiger partial charge < -0.3 is 20.2 Å². The number of aromatic hydroxyl groups is 1. The monoisotopic (exact) mass is 251 g/mol. The molecule has 5 heteroatoms. The Kier molecular flexibility index (Phi) is 3.68. The Bertz CT molecular complexity index is 402. The molecule has 1 aliphatic rings. The molecule has 0 aromatic heterocycles. The van der Waals surface area contributed by atoms with Crippen LogP contribution in [-0.4, -0.2) is 48.3 Å². The van der Waals surface area contributed by atoms with Crippen molar-refractivity contribution in [3.05, 3.63) is 24.3 Å². The lowest BCUT2D eigenvalue weighted by atomic mass is 10.2. The topological polar surface area (TPSA) is 38.7 Å². The fourth-order valence-electron chi connectivity index (χ4n) is 2.04. The molecule has 0 aliphatic carbocycles. The first kappa shape index (κ1) is 12.0. The number of para-hydroxylation sites is 2. The molecular weight excluding hydrogens is 234 g/mol. The lowest BCUT2D eigenvalue weighted by molar-refractivity contribution is 0.379. The zero-order valence-electron chi connectivity index (χ0n) is 9.89. The van der Waals surface area contributed by atoms with Gasteiger partial charge in [0, 0.05) is 33.2 Å². The van der Waals surface area contributed by atoms with Crippen LogP contribution in [0.4, 0.5) is 5.69 Å². The summed E-state index contributed by atoms with van der Waals surface area (Å²) in [5, 5.41) is 13.6. The maximum atomic E-state index is 9.79. The van der Waals surface area contributed by atoms with Crippen molar-refractivity contribution < 1.29 is 5.11 Å². The van der Waals surface area contributed by atoms with Crippen molar-refractivity contribution in [2.24, 2.45) is 0 Å². The molecular formula is C12H17N3OS. The van der Waals surface area contributed by atoms with Gasteiger partial charge in [0.1, 0.15) is 5.75 Å². The minimum absolute atomic E-state index is 0.345. The number of phenols is 1. The third kappa shape index (κ3) is 2.61. The van der Waals surface area contributed by atoms with Crippen LogP contribution in [0, 0.1) is 0 Å². The second kappa shape index (κ2) is 5.23. The first-order valence-corrected chi connectivity index (χ1v) is 6.13. The van der Waals surface area contributed by atoms with Crippen LogP contribution in [0.25, 0.3) is 0 Å². The van der Waals surface area contributed by atoms with Crippen LogP contribution in [-0.2, 0) is 0 Å². The molecule has 0 unspecified atom stereocenters. The zero-order chi connectivity index (χ0) is 12.3. The highest BCUT2D eigenvalue weighted by atomic mass is 32.1. The van der Waals surface area contributed by atoms with E-state index in [0.717, 1.165) is 37.0 Å². The summed E-state index contributed by atoms with van der Waals surface area (Å²) in [7, 11) is 1.84. The van der Waals surface area contributed by atoms with Crippen molar-refractivity contribution in [3.63, 3.8) is 0 Å². The van der Waals surface area contributed by atoms with Crippen molar-refractivity contribution in [1.29, 1.82) is 0 Å². The van der Waals surface area contributed by atoms with Crippen molar-refractivity contribution in [2.75, 3.05) is 38.1 Å². The Morgan fingerprint density at radius 3 is 2.47 bits per heavy atom. The van der Waals surface area contributed by atoms with Crippen molar-refractivity contribution in [2.45, 2.75) is 0 Å².